The van der Waals surface area contributed by atoms with Crippen molar-refractivity contribution < 1.29 is 32.9 Å². The molecule has 1 aromatic carbocycles. The number of hydrogen-bond acceptors (Lipinski definition) is 6. The average Bonchev–Trinajstić information content (AvgIpc) is 2.41. The topological polar surface area (TPSA) is 134 Å². The summed E-state index contributed by atoms with van der Waals surface area (Å²) >= 11 is 0. The zero-order chi connectivity index (χ0) is 18.3. The highest BCUT2D eigenvalue weighted by Gasteiger charge is 2.44. The number of sulfonamides is 1. The van der Waals surface area contributed by atoms with Crippen molar-refractivity contribution in [1.82, 2.24) is 5.32 Å². The van der Waals surface area contributed by atoms with Gasteiger partial charge < -0.3 is 25.0 Å². The smallest absolute Gasteiger partial charge is 0.405 e. The number of amides is 1. The van der Waals surface area contributed by atoms with Crippen molar-refractivity contribution in [2.45, 2.75) is 31.6 Å². The van der Waals surface area contributed by atoms with Crippen molar-refractivity contribution in [2.24, 2.45) is 0 Å². The largest absolute Gasteiger partial charge is 0.495 e. The number of methoxy groups -OCH3 is 1. The Balaban J connectivity index is 2.60. The number of aliphatic hydroxyl groups excluding tert-OH is 1. The fraction of sp³-hybridized carbons (Fsp3) is 0.500. The minimum absolute atomic E-state index is 0.153. The molecule has 4 N–H and O–H groups in total. The van der Waals surface area contributed by atoms with E-state index in [1.165, 1.54) is 19.2 Å². The Labute approximate surface area is 139 Å². The van der Waals surface area contributed by atoms with Gasteiger partial charge >= 0.3 is 6.09 Å². The molecular weight excluding hydrogens is 340 g/mol. The minimum Gasteiger partial charge on any atom is -0.495 e. The van der Waals surface area contributed by atoms with E-state index in [2.05, 4.69) is 10.0 Å². The van der Waals surface area contributed by atoms with Crippen LogP contribution in [0.25, 0.3) is 0 Å². The normalized spacial score (nSPS) is 22.0. The van der Waals surface area contributed by atoms with Crippen LogP contribution in [-0.4, -0.2) is 49.8 Å². The summed E-state index contributed by atoms with van der Waals surface area (Å²) in [5.41, 5.74) is -0.586. The number of benzene rings is 1. The number of fused-ring (bicyclic) bond motifs is 1. The van der Waals surface area contributed by atoms with Gasteiger partial charge in [-0.3, -0.25) is 4.72 Å². The minimum atomic E-state index is -3.55. The average molecular weight is 360 g/mol. The molecule has 2 atom stereocenters. The Morgan fingerprint density at radius 1 is 1.38 bits per heavy atom. The van der Waals surface area contributed by atoms with E-state index >= 15 is 0 Å². The first-order valence-electron chi connectivity index (χ1n) is 7.01. The first kappa shape index (κ1) is 18.1. The van der Waals surface area contributed by atoms with Gasteiger partial charge in [0.15, 0.2) is 0 Å². The van der Waals surface area contributed by atoms with Gasteiger partial charge in [-0.2, -0.15) is 0 Å². The second kappa shape index (κ2) is 6.02. The number of carboxylic acid groups (broad SMARTS) is 1. The van der Waals surface area contributed by atoms with E-state index in [4.69, 9.17) is 14.6 Å². The van der Waals surface area contributed by atoms with Crippen LogP contribution >= 0.6 is 0 Å². The molecular formula is C14H20N2O7S. The van der Waals surface area contributed by atoms with Crippen molar-refractivity contribution >= 4 is 21.8 Å². The molecule has 1 aliphatic heterocycles. The molecule has 10 heteroatoms. The summed E-state index contributed by atoms with van der Waals surface area (Å²) < 4.78 is 36.2. The monoisotopic (exact) mass is 360 g/mol. The zero-order valence-corrected chi connectivity index (χ0v) is 14.5. The molecule has 134 valence electrons. The van der Waals surface area contributed by atoms with Crippen LogP contribution in [0.5, 0.6) is 11.5 Å². The fourth-order valence-electron chi connectivity index (χ4n) is 2.56. The van der Waals surface area contributed by atoms with Crippen molar-refractivity contribution in [2.75, 3.05) is 18.1 Å². The van der Waals surface area contributed by atoms with Crippen LogP contribution in [0.1, 0.15) is 25.5 Å². The quantitative estimate of drug-likeness (QED) is 0.627. The van der Waals surface area contributed by atoms with E-state index in [0.717, 1.165) is 6.26 Å². The fourth-order valence-corrected chi connectivity index (χ4v) is 3.12. The van der Waals surface area contributed by atoms with E-state index in [0.29, 0.717) is 5.56 Å². The molecule has 0 radical (unpaired) electrons. The number of aliphatic hydroxyl groups is 1. The standard InChI is InChI=1S/C14H20N2O7S/c1-14(2)12(17)11(15-13(18)19)7-5-10(22-3)8(6-9(7)23-14)16-24(4,20)21/h5-6,11-12,15-17H,1-4H3,(H,18,19). The summed E-state index contributed by atoms with van der Waals surface area (Å²) in [5.74, 6) is 0.419. The molecule has 2 unspecified atom stereocenters. The Bertz CT molecular complexity index is 761. The first-order chi connectivity index (χ1) is 10.9. The third-order valence-corrected chi connectivity index (χ3v) is 4.23. The second-order valence-corrected chi connectivity index (χ2v) is 7.79. The lowest BCUT2D eigenvalue weighted by Crippen LogP contribution is -2.53. The van der Waals surface area contributed by atoms with Gasteiger partial charge in [-0.25, -0.2) is 13.2 Å². The Hall–Kier alpha value is -2.20. The summed E-state index contributed by atoms with van der Waals surface area (Å²) in [4.78, 5) is 11.1. The van der Waals surface area contributed by atoms with E-state index in [1.807, 2.05) is 0 Å². The van der Waals surface area contributed by atoms with Crippen LogP contribution in [0.3, 0.4) is 0 Å². The Kier molecular flexibility index (Phi) is 4.55. The summed E-state index contributed by atoms with van der Waals surface area (Å²) in [6.45, 7) is 3.20. The van der Waals surface area contributed by atoms with Crippen molar-refractivity contribution in [3.8, 4) is 11.5 Å². The molecule has 0 saturated heterocycles. The van der Waals surface area contributed by atoms with Crippen molar-refractivity contribution in [1.29, 1.82) is 0 Å². The maximum absolute atomic E-state index is 11.5. The van der Waals surface area contributed by atoms with E-state index in [9.17, 15) is 18.3 Å². The van der Waals surface area contributed by atoms with Gasteiger partial charge in [-0.05, 0) is 19.9 Å². The van der Waals surface area contributed by atoms with Gasteiger partial charge in [0.25, 0.3) is 0 Å². The predicted molar refractivity (Wildman–Crippen MR) is 86.1 cm³/mol. The molecule has 0 bridgehead atoms. The summed E-state index contributed by atoms with van der Waals surface area (Å²) in [6, 6.07) is 1.88. The van der Waals surface area contributed by atoms with Gasteiger partial charge in [0.2, 0.25) is 10.0 Å². The molecule has 1 heterocycles. The van der Waals surface area contributed by atoms with Gasteiger partial charge in [0, 0.05) is 11.6 Å². The zero-order valence-electron chi connectivity index (χ0n) is 13.7. The highest BCUT2D eigenvalue weighted by molar-refractivity contribution is 7.92. The SMILES string of the molecule is COc1cc2c(cc1NS(C)(=O)=O)OC(C)(C)C(O)C2NC(=O)O. The van der Waals surface area contributed by atoms with E-state index in [-0.39, 0.29) is 17.2 Å². The second-order valence-electron chi connectivity index (χ2n) is 6.04. The molecule has 2 rings (SSSR count). The molecule has 24 heavy (non-hydrogen) atoms. The Morgan fingerprint density at radius 2 is 2.00 bits per heavy atom. The molecule has 0 aliphatic carbocycles. The summed E-state index contributed by atoms with van der Waals surface area (Å²) in [5, 5.41) is 21.7. The maximum Gasteiger partial charge on any atom is 0.405 e. The van der Waals surface area contributed by atoms with Gasteiger partial charge in [0.05, 0.1) is 25.1 Å². The highest BCUT2D eigenvalue weighted by Crippen LogP contribution is 2.44. The van der Waals surface area contributed by atoms with Crippen LogP contribution in [0.15, 0.2) is 12.1 Å². The number of rotatable bonds is 4. The third kappa shape index (κ3) is 3.65. The lowest BCUT2D eigenvalue weighted by atomic mass is 9.86. The summed E-state index contributed by atoms with van der Waals surface area (Å²) in [7, 11) is -2.21. The number of hydrogen-bond donors (Lipinski definition) is 4. The molecule has 0 saturated carbocycles. The van der Waals surface area contributed by atoms with Crippen molar-refractivity contribution in [3.05, 3.63) is 17.7 Å². The number of nitrogens with one attached hydrogen (secondary N) is 2. The maximum atomic E-state index is 11.5. The van der Waals surface area contributed by atoms with Crippen LogP contribution < -0.4 is 19.5 Å². The van der Waals surface area contributed by atoms with Crippen LogP contribution in [0, 0.1) is 0 Å². The molecule has 0 spiro atoms. The van der Waals surface area contributed by atoms with Crippen LogP contribution in [0.4, 0.5) is 10.5 Å². The summed E-state index contributed by atoms with van der Waals surface area (Å²) in [6.07, 6.45) is -1.46. The molecule has 1 aromatic rings. The first-order valence-corrected chi connectivity index (χ1v) is 8.90. The lowest BCUT2D eigenvalue weighted by Gasteiger charge is -2.42. The predicted octanol–water partition coefficient (Wildman–Crippen LogP) is 0.907. The van der Waals surface area contributed by atoms with Crippen LogP contribution in [-0.2, 0) is 10.0 Å². The van der Waals surface area contributed by atoms with Crippen LogP contribution in [0.2, 0.25) is 0 Å². The lowest BCUT2D eigenvalue weighted by molar-refractivity contribution is -0.0631. The van der Waals surface area contributed by atoms with Gasteiger partial charge in [0.1, 0.15) is 23.2 Å². The molecule has 9 nitrogen and oxygen atoms in total. The number of carbonyl (C=O) groups is 1. The van der Waals surface area contributed by atoms with Gasteiger partial charge in [-0.15, -0.1) is 0 Å². The molecule has 1 amide bonds. The molecule has 1 aliphatic rings. The van der Waals surface area contributed by atoms with E-state index < -0.39 is 33.9 Å². The highest BCUT2D eigenvalue weighted by atomic mass is 32.2. The van der Waals surface area contributed by atoms with Gasteiger partial charge in [-0.1, -0.05) is 0 Å². The molecule has 0 aromatic heterocycles. The third-order valence-electron chi connectivity index (χ3n) is 3.64. The molecule has 0 fully saturated rings. The number of anilines is 1. The van der Waals surface area contributed by atoms with Crippen molar-refractivity contribution in [3.63, 3.8) is 0 Å². The van der Waals surface area contributed by atoms with E-state index in [1.54, 1.807) is 13.8 Å². The number of ether oxygens (including phenoxy) is 2. The Morgan fingerprint density at radius 3 is 2.50 bits per heavy atom.